The van der Waals surface area contributed by atoms with Gasteiger partial charge in [-0.3, -0.25) is 0 Å². The molecule has 1 aromatic heterocycles. The van der Waals surface area contributed by atoms with E-state index in [2.05, 4.69) is 53.5 Å². The molecule has 1 aromatic carbocycles. The molecule has 5 nitrogen and oxygen atoms in total. The first-order chi connectivity index (χ1) is 11.5. The highest BCUT2D eigenvalue weighted by Gasteiger charge is 2.17. The maximum absolute atomic E-state index is 5.68. The van der Waals surface area contributed by atoms with Crippen LogP contribution in [-0.4, -0.2) is 34.8 Å². The fraction of sp³-hybridized carbons (Fsp3) is 0.474. The van der Waals surface area contributed by atoms with Gasteiger partial charge >= 0.3 is 0 Å². The fourth-order valence-corrected chi connectivity index (χ4v) is 2.71. The summed E-state index contributed by atoms with van der Waals surface area (Å²) in [6.45, 7) is 7.95. The summed E-state index contributed by atoms with van der Waals surface area (Å²) in [7, 11) is 0. The molecule has 1 saturated heterocycles. The van der Waals surface area contributed by atoms with Crippen molar-refractivity contribution < 1.29 is 4.74 Å². The summed E-state index contributed by atoms with van der Waals surface area (Å²) in [5.74, 6) is 1.46. The van der Waals surface area contributed by atoms with Crippen LogP contribution >= 0.6 is 0 Å². The van der Waals surface area contributed by atoms with Crippen LogP contribution in [0.1, 0.15) is 33.6 Å². The molecule has 0 saturated carbocycles. The largest absolute Gasteiger partial charge is 0.376 e. The first-order valence-corrected chi connectivity index (χ1v) is 8.58. The van der Waals surface area contributed by atoms with E-state index in [4.69, 9.17) is 4.74 Å². The number of nitrogens with one attached hydrogen (secondary N) is 2. The summed E-state index contributed by atoms with van der Waals surface area (Å²) in [4.78, 5) is 9.29. The third-order valence-corrected chi connectivity index (χ3v) is 3.82. The van der Waals surface area contributed by atoms with E-state index in [1.807, 2.05) is 24.3 Å². The molecular formula is C19H26N4O. The lowest BCUT2D eigenvalue weighted by Gasteiger charge is -2.21. The molecule has 0 amide bonds. The van der Waals surface area contributed by atoms with Gasteiger partial charge in [0.1, 0.15) is 5.82 Å². The van der Waals surface area contributed by atoms with Crippen LogP contribution in [-0.2, 0) is 4.74 Å². The predicted molar refractivity (Wildman–Crippen MR) is 98.3 cm³/mol. The second kappa shape index (κ2) is 7.18. The molecule has 0 bridgehead atoms. The maximum Gasteiger partial charge on any atom is 0.225 e. The summed E-state index contributed by atoms with van der Waals surface area (Å²) >= 11 is 0. The Morgan fingerprint density at radius 1 is 1.17 bits per heavy atom. The second-order valence-corrected chi connectivity index (χ2v) is 7.22. The van der Waals surface area contributed by atoms with E-state index >= 15 is 0 Å². The predicted octanol–water partition coefficient (Wildman–Crippen LogP) is 3.94. The molecule has 3 rings (SSSR count). The van der Waals surface area contributed by atoms with Gasteiger partial charge in [-0.05, 0) is 33.6 Å². The molecule has 2 heterocycles. The van der Waals surface area contributed by atoms with Crippen LogP contribution in [0.3, 0.4) is 0 Å². The van der Waals surface area contributed by atoms with E-state index in [0.717, 1.165) is 43.1 Å². The van der Waals surface area contributed by atoms with E-state index in [1.54, 1.807) is 0 Å². The van der Waals surface area contributed by atoms with Crippen molar-refractivity contribution in [2.45, 2.75) is 45.3 Å². The van der Waals surface area contributed by atoms with Crippen LogP contribution in [0.5, 0.6) is 0 Å². The minimum absolute atomic E-state index is 0.0961. The van der Waals surface area contributed by atoms with Crippen molar-refractivity contribution in [1.29, 1.82) is 0 Å². The molecule has 128 valence electrons. The van der Waals surface area contributed by atoms with Gasteiger partial charge in [0.2, 0.25) is 5.95 Å². The average molecular weight is 326 g/mol. The normalized spacial score (nSPS) is 17.7. The maximum atomic E-state index is 5.68. The molecule has 2 N–H and O–H groups in total. The summed E-state index contributed by atoms with van der Waals surface area (Å²) in [6.07, 6.45) is 2.53. The minimum Gasteiger partial charge on any atom is -0.376 e. The lowest BCUT2D eigenvalue weighted by molar-refractivity contribution is 0.120. The molecule has 1 aliphatic heterocycles. The lowest BCUT2D eigenvalue weighted by atomic mass is 10.1. The zero-order valence-electron chi connectivity index (χ0n) is 14.7. The quantitative estimate of drug-likeness (QED) is 0.871. The van der Waals surface area contributed by atoms with Crippen LogP contribution in [0.2, 0.25) is 0 Å². The van der Waals surface area contributed by atoms with Crippen molar-refractivity contribution in [3.63, 3.8) is 0 Å². The fourth-order valence-electron chi connectivity index (χ4n) is 2.71. The van der Waals surface area contributed by atoms with E-state index in [-0.39, 0.29) is 11.6 Å². The molecule has 24 heavy (non-hydrogen) atoms. The number of nitrogens with zero attached hydrogens (tertiary/aromatic N) is 2. The van der Waals surface area contributed by atoms with Crippen LogP contribution in [0.4, 0.5) is 11.8 Å². The summed E-state index contributed by atoms with van der Waals surface area (Å²) < 4.78 is 5.68. The standard InChI is InChI=1S/C19H26N4O/c1-19(2,3)23-18-21-16(14-8-5-4-6-9-14)12-17(22-18)20-13-15-10-7-11-24-15/h4-6,8-9,12,15H,7,10-11,13H2,1-3H3,(H2,20,21,22,23)/t15-/m1/s1. The van der Waals surface area contributed by atoms with Gasteiger partial charge in [-0.15, -0.1) is 0 Å². The Morgan fingerprint density at radius 3 is 2.62 bits per heavy atom. The van der Waals surface area contributed by atoms with Crippen molar-refractivity contribution in [3.05, 3.63) is 36.4 Å². The van der Waals surface area contributed by atoms with Crippen LogP contribution in [0.25, 0.3) is 11.3 Å². The molecule has 1 atom stereocenters. The molecule has 0 unspecified atom stereocenters. The average Bonchev–Trinajstić information content (AvgIpc) is 3.05. The van der Waals surface area contributed by atoms with Crippen molar-refractivity contribution in [2.24, 2.45) is 0 Å². The molecule has 1 fully saturated rings. The van der Waals surface area contributed by atoms with Gasteiger partial charge in [-0.25, -0.2) is 4.98 Å². The molecule has 1 aliphatic rings. The number of benzene rings is 1. The van der Waals surface area contributed by atoms with Gasteiger partial charge in [-0.2, -0.15) is 4.98 Å². The van der Waals surface area contributed by atoms with E-state index < -0.39 is 0 Å². The number of anilines is 2. The van der Waals surface area contributed by atoms with E-state index in [9.17, 15) is 0 Å². The number of ether oxygens (including phenoxy) is 1. The van der Waals surface area contributed by atoms with E-state index in [0.29, 0.717) is 5.95 Å². The lowest BCUT2D eigenvalue weighted by Crippen LogP contribution is -2.28. The Kier molecular flexibility index (Phi) is 5.00. The van der Waals surface area contributed by atoms with E-state index in [1.165, 1.54) is 0 Å². The van der Waals surface area contributed by atoms with Crippen LogP contribution in [0.15, 0.2) is 36.4 Å². The van der Waals surface area contributed by atoms with Crippen molar-refractivity contribution in [1.82, 2.24) is 9.97 Å². The Bertz CT molecular complexity index is 661. The first kappa shape index (κ1) is 16.7. The van der Waals surface area contributed by atoms with Crippen LogP contribution < -0.4 is 10.6 Å². The molecular weight excluding hydrogens is 300 g/mol. The van der Waals surface area contributed by atoms with Gasteiger partial charge in [0.15, 0.2) is 0 Å². The number of rotatable bonds is 5. The minimum atomic E-state index is -0.0961. The Labute approximate surface area is 143 Å². The highest BCUT2D eigenvalue weighted by atomic mass is 16.5. The highest BCUT2D eigenvalue weighted by molar-refractivity contribution is 5.64. The number of hydrogen-bond acceptors (Lipinski definition) is 5. The third-order valence-electron chi connectivity index (χ3n) is 3.82. The topological polar surface area (TPSA) is 59.1 Å². The van der Waals surface area contributed by atoms with Crippen LogP contribution in [0, 0.1) is 0 Å². The van der Waals surface area contributed by atoms with Gasteiger partial charge in [-0.1, -0.05) is 30.3 Å². The third kappa shape index (κ3) is 4.68. The van der Waals surface area contributed by atoms with Gasteiger partial charge in [0.05, 0.1) is 11.8 Å². The Hall–Kier alpha value is -2.14. The van der Waals surface area contributed by atoms with Crippen molar-refractivity contribution in [2.75, 3.05) is 23.8 Å². The Balaban J connectivity index is 1.84. The highest BCUT2D eigenvalue weighted by Crippen LogP contribution is 2.23. The summed E-state index contributed by atoms with van der Waals surface area (Å²) in [5.41, 5.74) is 1.89. The molecule has 5 heteroatoms. The smallest absolute Gasteiger partial charge is 0.225 e. The zero-order chi connectivity index (χ0) is 17.0. The molecule has 0 radical (unpaired) electrons. The van der Waals surface area contributed by atoms with Crippen molar-refractivity contribution >= 4 is 11.8 Å². The second-order valence-electron chi connectivity index (χ2n) is 7.22. The molecule has 0 aliphatic carbocycles. The van der Waals surface area contributed by atoms with Gasteiger partial charge in [0, 0.05) is 30.3 Å². The Morgan fingerprint density at radius 2 is 1.96 bits per heavy atom. The number of hydrogen-bond donors (Lipinski definition) is 2. The monoisotopic (exact) mass is 326 g/mol. The first-order valence-electron chi connectivity index (χ1n) is 8.58. The number of aromatic nitrogens is 2. The van der Waals surface area contributed by atoms with Crippen molar-refractivity contribution in [3.8, 4) is 11.3 Å². The molecule has 2 aromatic rings. The van der Waals surface area contributed by atoms with Gasteiger partial charge in [0.25, 0.3) is 0 Å². The summed E-state index contributed by atoms with van der Waals surface area (Å²) in [6, 6.07) is 12.2. The SMILES string of the molecule is CC(C)(C)Nc1nc(NC[C@H]2CCCO2)cc(-c2ccccc2)n1. The summed E-state index contributed by atoms with van der Waals surface area (Å²) in [5, 5.41) is 6.77. The van der Waals surface area contributed by atoms with Gasteiger partial charge < -0.3 is 15.4 Å². The zero-order valence-corrected chi connectivity index (χ0v) is 14.7. The molecule has 0 spiro atoms.